The van der Waals surface area contributed by atoms with Gasteiger partial charge in [-0.05, 0) is 29.7 Å². The number of nitrogens with zero attached hydrogens (tertiary/aromatic N) is 2. The number of fused-ring (bicyclic) bond motifs is 2. The average Bonchev–Trinajstić information content (AvgIpc) is 3.17. The van der Waals surface area contributed by atoms with Crippen molar-refractivity contribution in [2.45, 2.75) is 25.5 Å². The van der Waals surface area contributed by atoms with E-state index in [0.717, 1.165) is 42.7 Å². The van der Waals surface area contributed by atoms with E-state index in [1.54, 1.807) is 6.07 Å². The standard InChI is InChI=1S/C23H27ClN4O2/c24-20-6-3-7-21-23(20)27-22(26-21)10-16(15-29)11-25-12-19(30)14-28-9-8-17-4-1-2-5-18(17)13-28/h1-7,15-16,19,25,30H,8-14H2,(H,26,27)/t16?,19-/m0/s1. The minimum Gasteiger partial charge on any atom is -0.390 e. The molecule has 1 aliphatic heterocycles. The van der Waals surface area contributed by atoms with Gasteiger partial charge in [-0.15, -0.1) is 0 Å². The van der Waals surface area contributed by atoms with Crippen LogP contribution in [0, 0.1) is 5.92 Å². The van der Waals surface area contributed by atoms with Gasteiger partial charge in [0, 0.05) is 45.1 Å². The van der Waals surface area contributed by atoms with Crippen LogP contribution in [0.5, 0.6) is 0 Å². The second-order valence-electron chi connectivity index (χ2n) is 7.99. The number of aromatic nitrogens is 2. The minimum absolute atomic E-state index is 0.224. The molecule has 3 N–H and O–H groups in total. The van der Waals surface area contributed by atoms with Crippen LogP contribution in [0.1, 0.15) is 17.0 Å². The zero-order chi connectivity index (χ0) is 20.9. The van der Waals surface area contributed by atoms with Crippen LogP contribution < -0.4 is 5.32 Å². The van der Waals surface area contributed by atoms with E-state index in [2.05, 4.69) is 44.5 Å². The summed E-state index contributed by atoms with van der Waals surface area (Å²) in [6.45, 7) is 3.40. The first-order valence-corrected chi connectivity index (χ1v) is 10.8. The number of nitrogens with one attached hydrogen (secondary N) is 2. The van der Waals surface area contributed by atoms with Crippen molar-refractivity contribution in [2.24, 2.45) is 5.92 Å². The molecule has 2 heterocycles. The maximum Gasteiger partial charge on any atom is 0.124 e. The fourth-order valence-corrected chi connectivity index (χ4v) is 4.29. The molecule has 0 saturated carbocycles. The fraction of sp³-hybridized carbons (Fsp3) is 0.391. The summed E-state index contributed by atoms with van der Waals surface area (Å²) in [5, 5.41) is 14.3. The molecular formula is C23H27ClN4O2. The fourth-order valence-electron chi connectivity index (χ4n) is 4.07. The topological polar surface area (TPSA) is 81.2 Å². The van der Waals surface area contributed by atoms with Crippen LogP contribution >= 0.6 is 11.6 Å². The van der Waals surface area contributed by atoms with Crippen molar-refractivity contribution < 1.29 is 9.90 Å². The first-order valence-electron chi connectivity index (χ1n) is 10.4. The van der Waals surface area contributed by atoms with Crippen molar-refractivity contribution >= 4 is 28.9 Å². The second-order valence-corrected chi connectivity index (χ2v) is 8.39. The largest absolute Gasteiger partial charge is 0.390 e. The number of hydrogen-bond acceptors (Lipinski definition) is 5. The molecule has 0 bridgehead atoms. The Bertz CT molecular complexity index is 1010. The summed E-state index contributed by atoms with van der Waals surface area (Å²) in [7, 11) is 0. The monoisotopic (exact) mass is 426 g/mol. The van der Waals surface area contributed by atoms with Crippen LogP contribution in [0.15, 0.2) is 42.5 Å². The average molecular weight is 427 g/mol. The van der Waals surface area contributed by atoms with Crippen molar-refractivity contribution in [3.8, 4) is 0 Å². The van der Waals surface area contributed by atoms with Gasteiger partial charge in [0.25, 0.3) is 0 Å². The van der Waals surface area contributed by atoms with Gasteiger partial charge in [0.1, 0.15) is 17.6 Å². The molecule has 0 fully saturated rings. The molecule has 158 valence electrons. The number of rotatable bonds is 9. The Balaban J connectivity index is 1.23. The smallest absolute Gasteiger partial charge is 0.124 e. The maximum atomic E-state index is 11.5. The van der Waals surface area contributed by atoms with Crippen LogP contribution in [0.3, 0.4) is 0 Å². The zero-order valence-electron chi connectivity index (χ0n) is 16.9. The molecule has 0 spiro atoms. The first kappa shape index (κ1) is 21.0. The number of H-pyrrole nitrogens is 1. The lowest BCUT2D eigenvalue weighted by molar-refractivity contribution is -0.111. The van der Waals surface area contributed by atoms with E-state index in [1.165, 1.54) is 11.1 Å². The van der Waals surface area contributed by atoms with Gasteiger partial charge in [-0.1, -0.05) is 41.9 Å². The van der Waals surface area contributed by atoms with E-state index in [0.29, 0.717) is 31.1 Å². The van der Waals surface area contributed by atoms with Crippen molar-refractivity contribution in [1.29, 1.82) is 0 Å². The molecule has 7 heteroatoms. The predicted molar refractivity (Wildman–Crippen MR) is 119 cm³/mol. The van der Waals surface area contributed by atoms with Gasteiger partial charge in [-0.2, -0.15) is 0 Å². The number of aromatic amines is 1. The van der Waals surface area contributed by atoms with Gasteiger partial charge in [-0.3, -0.25) is 4.90 Å². The van der Waals surface area contributed by atoms with Gasteiger partial charge in [0.05, 0.1) is 16.6 Å². The maximum absolute atomic E-state index is 11.5. The Morgan fingerprint density at radius 1 is 1.20 bits per heavy atom. The van der Waals surface area contributed by atoms with Crippen molar-refractivity contribution in [2.75, 3.05) is 26.2 Å². The van der Waals surface area contributed by atoms with Crippen molar-refractivity contribution in [3.63, 3.8) is 0 Å². The lowest BCUT2D eigenvalue weighted by atomic mass is 10.00. The number of halogens is 1. The summed E-state index contributed by atoms with van der Waals surface area (Å²) in [5.74, 6) is 0.517. The van der Waals surface area contributed by atoms with Gasteiger partial charge in [0.2, 0.25) is 0 Å². The van der Waals surface area contributed by atoms with E-state index >= 15 is 0 Å². The summed E-state index contributed by atoms with van der Waals surface area (Å²) in [6.07, 6.45) is 1.98. The van der Waals surface area contributed by atoms with Crippen LogP contribution in [0.4, 0.5) is 0 Å². The van der Waals surface area contributed by atoms with E-state index in [-0.39, 0.29) is 5.92 Å². The zero-order valence-corrected chi connectivity index (χ0v) is 17.6. The number of aldehydes is 1. The molecular weight excluding hydrogens is 400 g/mol. The summed E-state index contributed by atoms with van der Waals surface area (Å²) in [5.41, 5.74) is 4.34. The number of carbonyl (C=O) groups is 1. The normalized spacial score (nSPS) is 16.3. The second kappa shape index (κ2) is 9.71. The Morgan fingerprint density at radius 3 is 2.83 bits per heavy atom. The number of aliphatic hydroxyl groups excluding tert-OH is 1. The number of benzene rings is 2. The minimum atomic E-state index is -0.479. The molecule has 6 nitrogen and oxygen atoms in total. The molecule has 4 rings (SSSR count). The van der Waals surface area contributed by atoms with E-state index in [1.807, 2.05) is 12.1 Å². The molecule has 1 aliphatic rings. The van der Waals surface area contributed by atoms with Crippen LogP contribution in [0.2, 0.25) is 5.02 Å². The molecule has 3 aromatic rings. The van der Waals surface area contributed by atoms with E-state index in [9.17, 15) is 9.90 Å². The molecule has 0 saturated heterocycles. The van der Waals surface area contributed by atoms with Gasteiger partial charge in [0.15, 0.2) is 0 Å². The highest BCUT2D eigenvalue weighted by Gasteiger charge is 2.19. The number of imidazole rings is 1. The highest BCUT2D eigenvalue weighted by molar-refractivity contribution is 6.34. The van der Waals surface area contributed by atoms with Crippen LogP contribution in [-0.4, -0.2) is 58.5 Å². The summed E-state index contributed by atoms with van der Waals surface area (Å²) in [4.78, 5) is 21.5. The molecule has 0 aliphatic carbocycles. The highest BCUT2D eigenvalue weighted by atomic mass is 35.5. The highest BCUT2D eigenvalue weighted by Crippen LogP contribution is 2.22. The number of para-hydroxylation sites is 1. The lowest BCUT2D eigenvalue weighted by Crippen LogP contribution is -2.41. The van der Waals surface area contributed by atoms with Crippen molar-refractivity contribution in [1.82, 2.24) is 20.2 Å². The number of β-amino-alcohol motifs (C(OH)–C–C–N with tert-alkyl or cyclic N) is 1. The predicted octanol–water partition coefficient (Wildman–Crippen LogP) is 2.58. The summed E-state index contributed by atoms with van der Waals surface area (Å²) < 4.78 is 0. The summed E-state index contributed by atoms with van der Waals surface area (Å²) >= 11 is 6.17. The van der Waals surface area contributed by atoms with Crippen LogP contribution in [0.25, 0.3) is 11.0 Å². The third kappa shape index (κ3) is 5.08. The van der Waals surface area contributed by atoms with Crippen molar-refractivity contribution in [3.05, 3.63) is 64.4 Å². The number of carbonyl (C=O) groups excluding carboxylic acids is 1. The molecule has 2 atom stereocenters. The molecule has 1 unspecified atom stereocenters. The molecule has 2 aromatic carbocycles. The third-order valence-electron chi connectivity index (χ3n) is 5.63. The SMILES string of the molecule is O=CC(CNC[C@H](O)CN1CCc2ccccc2C1)Cc1nc2c(Cl)cccc2[nH]1. The molecule has 30 heavy (non-hydrogen) atoms. The lowest BCUT2D eigenvalue weighted by Gasteiger charge is -2.30. The molecule has 1 aromatic heterocycles. The van der Waals surface area contributed by atoms with Gasteiger partial charge >= 0.3 is 0 Å². The Morgan fingerprint density at radius 2 is 2.03 bits per heavy atom. The Hall–Kier alpha value is -2.25. The summed E-state index contributed by atoms with van der Waals surface area (Å²) in [6, 6.07) is 14.1. The molecule has 0 amide bonds. The Labute approximate surface area is 181 Å². The van der Waals surface area contributed by atoms with Crippen LogP contribution in [-0.2, 0) is 24.2 Å². The number of aliphatic hydroxyl groups is 1. The van der Waals surface area contributed by atoms with E-state index in [4.69, 9.17) is 11.6 Å². The third-order valence-corrected chi connectivity index (χ3v) is 5.93. The first-order chi connectivity index (χ1) is 14.6. The van der Waals surface area contributed by atoms with Gasteiger partial charge < -0.3 is 20.2 Å². The quantitative estimate of drug-likeness (QED) is 0.458. The van der Waals surface area contributed by atoms with E-state index < -0.39 is 6.10 Å². The molecule has 0 radical (unpaired) electrons. The van der Waals surface area contributed by atoms with Gasteiger partial charge in [-0.25, -0.2) is 4.98 Å². The Kier molecular flexibility index (Phi) is 6.79. The number of hydrogen-bond donors (Lipinski definition) is 3.